The Bertz CT molecular complexity index is 1000. The molecule has 2 aliphatic carbocycles. The maximum absolute atomic E-state index is 13.8. The van der Waals surface area contributed by atoms with E-state index in [0.29, 0.717) is 11.8 Å². The Morgan fingerprint density at radius 3 is 2.60 bits per heavy atom. The molecule has 2 aromatic carbocycles. The van der Waals surface area contributed by atoms with Crippen LogP contribution in [0.3, 0.4) is 0 Å². The van der Waals surface area contributed by atoms with Gasteiger partial charge < -0.3 is 14.5 Å². The first-order valence-corrected chi connectivity index (χ1v) is 13.7. The van der Waals surface area contributed by atoms with Gasteiger partial charge in [0.1, 0.15) is 5.75 Å². The van der Waals surface area contributed by atoms with Crippen LogP contribution >= 0.6 is 0 Å². The molecule has 1 saturated heterocycles. The molecule has 2 saturated carbocycles. The molecule has 4 nitrogen and oxygen atoms in total. The number of fused-ring (bicyclic) bond motifs is 1. The first kappa shape index (κ1) is 24.4. The maximum Gasteiger partial charge on any atom is 0.254 e. The van der Waals surface area contributed by atoms with Crippen molar-refractivity contribution in [3.8, 4) is 5.75 Å². The predicted octanol–water partition coefficient (Wildman–Crippen LogP) is 6.02. The Morgan fingerprint density at radius 1 is 1.09 bits per heavy atom. The van der Waals surface area contributed by atoms with Crippen molar-refractivity contribution in [3.63, 3.8) is 0 Å². The zero-order valence-corrected chi connectivity index (χ0v) is 21.8. The standard InChI is InChI=1S/C31H42N2O2/c1-23(2)20-33(30(34)25-8-5-4-6-9-25)28-15-14-27-22-32(21-24-12-13-24)17-16-31(27,19-28)26-10-7-11-29(18-26)35-3/h4-11,18,23-24,27-28H,12-17,19-22H2,1-3H3/t27?,28-,31?/m0/s1. The van der Waals surface area contributed by atoms with E-state index in [9.17, 15) is 4.79 Å². The third-order valence-electron chi connectivity index (χ3n) is 8.72. The fraction of sp³-hybridized carbons (Fsp3) is 0.581. The zero-order valence-electron chi connectivity index (χ0n) is 21.8. The largest absolute Gasteiger partial charge is 0.497 e. The lowest BCUT2D eigenvalue weighted by atomic mass is 9.57. The number of carbonyl (C=O) groups is 1. The summed E-state index contributed by atoms with van der Waals surface area (Å²) < 4.78 is 5.65. The molecule has 0 spiro atoms. The number of ether oxygens (including phenoxy) is 1. The highest BCUT2D eigenvalue weighted by atomic mass is 16.5. The molecule has 0 radical (unpaired) electrons. The average Bonchev–Trinajstić information content (AvgIpc) is 3.71. The molecule has 1 amide bonds. The highest BCUT2D eigenvalue weighted by Gasteiger charge is 2.50. The van der Waals surface area contributed by atoms with Gasteiger partial charge in [0.2, 0.25) is 0 Å². The van der Waals surface area contributed by atoms with Crippen molar-refractivity contribution in [2.24, 2.45) is 17.8 Å². The number of piperidine rings is 1. The minimum absolute atomic E-state index is 0.101. The topological polar surface area (TPSA) is 32.8 Å². The molecular weight excluding hydrogens is 432 g/mol. The van der Waals surface area contributed by atoms with Crippen LogP contribution in [0.1, 0.15) is 68.3 Å². The Kier molecular flexibility index (Phi) is 7.20. The van der Waals surface area contributed by atoms with Gasteiger partial charge in [-0.1, -0.05) is 44.2 Å². The summed E-state index contributed by atoms with van der Waals surface area (Å²) in [5.41, 5.74) is 2.32. The number of hydrogen-bond acceptors (Lipinski definition) is 3. The molecule has 2 aromatic rings. The second-order valence-electron chi connectivity index (χ2n) is 11.7. The first-order valence-electron chi connectivity index (χ1n) is 13.7. The van der Waals surface area contributed by atoms with Crippen molar-refractivity contribution >= 4 is 5.91 Å². The van der Waals surface area contributed by atoms with Crippen LogP contribution in [0.4, 0.5) is 0 Å². The molecule has 3 aliphatic rings. The third kappa shape index (κ3) is 5.28. The molecule has 0 aromatic heterocycles. The molecule has 0 bridgehead atoms. The van der Waals surface area contributed by atoms with Crippen LogP contribution in [-0.2, 0) is 5.41 Å². The van der Waals surface area contributed by atoms with Crippen LogP contribution in [0.2, 0.25) is 0 Å². The lowest BCUT2D eigenvalue weighted by Crippen LogP contribution is -2.57. The van der Waals surface area contributed by atoms with Gasteiger partial charge in [0.15, 0.2) is 0 Å². The molecule has 35 heavy (non-hydrogen) atoms. The summed E-state index contributed by atoms with van der Waals surface area (Å²) in [6, 6.07) is 19.0. The minimum Gasteiger partial charge on any atom is -0.497 e. The molecule has 2 unspecified atom stereocenters. The van der Waals surface area contributed by atoms with Gasteiger partial charge in [-0.25, -0.2) is 0 Å². The van der Waals surface area contributed by atoms with Crippen LogP contribution in [0.15, 0.2) is 54.6 Å². The van der Waals surface area contributed by atoms with E-state index < -0.39 is 0 Å². The number of nitrogens with zero attached hydrogens (tertiary/aromatic N) is 2. The Balaban J connectivity index is 1.46. The van der Waals surface area contributed by atoms with Crippen LogP contribution in [-0.4, -0.2) is 55.0 Å². The summed E-state index contributed by atoms with van der Waals surface area (Å²) in [7, 11) is 1.76. The molecule has 5 rings (SSSR count). The van der Waals surface area contributed by atoms with Crippen molar-refractivity contribution in [1.29, 1.82) is 0 Å². The molecule has 188 valence electrons. The minimum atomic E-state index is 0.101. The monoisotopic (exact) mass is 474 g/mol. The van der Waals surface area contributed by atoms with Crippen molar-refractivity contribution < 1.29 is 9.53 Å². The van der Waals surface area contributed by atoms with Crippen LogP contribution < -0.4 is 4.74 Å². The van der Waals surface area contributed by atoms with E-state index in [1.54, 1.807) is 7.11 Å². The number of hydrogen-bond donors (Lipinski definition) is 0. The molecule has 1 aliphatic heterocycles. The Labute approximate surface area is 211 Å². The van der Waals surface area contributed by atoms with Gasteiger partial charge in [-0.3, -0.25) is 4.79 Å². The zero-order chi connectivity index (χ0) is 24.4. The fourth-order valence-electron chi connectivity index (χ4n) is 6.76. The van der Waals surface area contributed by atoms with Gasteiger partial charge in [0.25, 0.3) is 5.91 Å². The summed E-state index contributed by atoms with van der Waals surface area (Å²) in [6.45, 7) is 8.90. The van der Waals surface area contributed by atoms with Gasteiger partial charge >= 0.3 is 0 Å². The number of benzene rings is 2. The number of rotatable bonds is 8. The number of likely N-dealkylation sites (tertiary alicyclic amines) is 1. The van der Waals surface area contributed by atoms with E-state index in [1.165, 1.54) is 44.3 Å². The third-order valence-corrected chi connectivity index (χ3v) is 8.72. The van der Waals surface area contributed by atoms with Gasteiger partial charge in [-0.05, 0) is 92.7 Å². The highest BCUT2D eigenvalue weighted by Crippen LogP contribution is 2.51. The predicted molar refractivity (Wildman–Crippen MR) is 142 cm³/mol. The smallest absolute Gasteiger partial charge is 0.254 e. The molecule has 1 heterocycles. The van der Waals surface area contributed by atoms with E-state index in [-0.39, 0.29) is 17.4 Å². The Hall–Kier alpha value is -2.33. The first-order chi connectivity index (χ1) is 17.0. The molecular formula is C31H42N2O2. The summed E-state index contributed by atoms with van der Waals surface area (Å²) >= 11 is 0. The Morgan fingerprint density at radius 2 is 1.89 bits per heavy atom. The van der Waals surface area contributed by atoms with Gasteiger partial charge in [-0.15, -0.1) is 0 Å². The normalized spacial score (nSPS) is 26.9. The SMILES string of the molecule is COc1cccc(C23CCN(CC4CC4)CC2CC[C@H](N(CC(C)C)C(=O)c2ccccc2)C3)c1. The number of amides is 1. The fourth-order valence-corrected chi connectivity index (χ4v) is 6.76. The van der Waals surface area contributed by atoms with Crippen molar-refractivity contribution in [3.05, 3.63) is 65.7 Å². The average molecular weight is 475 g/mol. The number of carbonyl (C=O) groups excluding carboxylic acids is 1. The molecule has 0 N–H and O–H groups in total. The van der Waals surface area contributed by atoms with Gasteiger partial charge in [-0.2, -0.15) is 0 Å². The van der Waals surface area contributed by atoms with E-state index in [1.807, 2.05) is 30.3 Å². The quantitative estimate of drug-likeness (QED) is 0.469. The summed E-state index contributed by atoms with van der Waals surface area (Å²) in [6.07, 6.45) is 7.32. The van der Waals surface area contributed by atoms with E-state index >= 15 is 0 Å². The second-order valence-corrected chi connectivity index (χ2v) is 11.7. The summed E-state index contributed by atoms with van der Waals surface area (Å²) in [5.74, 6) is 3.13. The van der Waals surface area contributed by atoms with Crippen LogP contribution in [0.25, 0.3) is 0 Å². The van der Waals surface area contributed by atoms with Crippen LogP contribution in [0, 0.1) is 17.8 Å². The lowest BCUT2D eigenvalue weighted by Gasteiger charge is -2.55. The lowest BCUT2D eigenvalue weighted by molar-refractivity contribution is 0.00989. The maximum atomic E-state index is 13.8. The summed E-state index contributed by atoms with van der Waals surface area (Å²) in [5, 5.41) is 0. The van der Waals surface area contributed by atoms with Crippen molar-refractivity contribution in [2.75, 3.05) is 33.3 Å². The highest BCUT2D eigenvalue weighted by molar-refractivity contribution is 5.94. The molecule has 3 atom stereocenters. The number of methoxy groups -OCH3 is 1. The summed E-state index contributed by atoms with van der Waals surface area (Å²) in [4.78, 5) is 18.7. The van der Waals surface area contributed by atoms with Crippen molar-refractivity contribution in [2.45, 2.75) is 63.8 Å². The van der Waals surface area contributed by atoms with Gasteiger partial charge in [0, 0.05) is 36.7 Å². The van der Waals surface area contributed by atoms with Crippen molar-refractivity contribution in [1.82, 2.24) is 9.80 Å². The van der Waals surface area contributed by atoms with Crippen LogP contribution in [0.5, 0.6) is 5.75 Å². The van der Waals surface area contributed by atoms with E-state index in [4.69, 9.17) is 4.74 Å². The molecule has 4 heteroatoms. The second kappa shape index (κ2) is 10.3. The molecule has 3 fully saturated rings. The van der Waals surface area contributed by atoms with E-state index in [2.05, 4.69) is 47.9 Å². The van der Waals surface area contributed by atoms with Gasteiger partial charge in [0.05, 0.1) is 7.11 Å². The van der Waals surface area contributed by atoms with E-state index in [0.717, 1.165) is 43.2 Å².